The molecule has 1 aromatic carbocycles. The number of hydrogen-bond acceptors (Lipinski definition) is 4. The van der Waals surface area contributed by atoms with Crippen LogP contribution in [0.25, 0.3) is 0 Å². The van der Waals surface area contributed by atoms with Crippen molar-refractivity contribution in [3.8, 4) is 0 Å². The van der Waals surface area contributed by atoms with Gasteiger partial charge in [-0.25, -0.2) is 4.39 Å². The fourth-order valence-electron chi connectivity index (χ4n) is 1.29. The van der Waals surface area contributed by atoms with Crippen molar-refractivity contribution in [2.75, 3.05) is 11.1 Å². The van der Waals surface area contributed by atoms with Gasteiger partial charge >= 0.3 is 0 Å². The Kier molecular flexibility index (Phi) is 2.78. The van der Waals surface area contributed by atoms with Crippen LogP contribution in [0.5, 0.6) is 0 Å². The summed E-state index contributed by atoms with van der Waals surface area (Å²) < 4.78 is 17.7. The quantitative estimate of drug-likeness (QED) is 0.779. The molecule has 0 aliphatic rings. The molecule has 0 radical (unpaired) electrons. The fraction of sp³-hybridized carbons (Fsp3) is 0.0909. The van der Waals surface area contributed by atoms with E-state index >= 15 is 0 Å². The standard InChI is InChI=1S/C11H10FN3O2/c1-6-4-10(17-15-6)14-11(16)7-2-3-8(12)9(13)5-7/h2-5H,13H2,1H3,(H,14,16). The lowest BCUT2D eigenvalue weighted by Crippen LogP contribution is -2.12. The van der Waals surface area contributed by atoms with Crippen LogP contribution >= 0.6 is 0 Å². The smallest absolute Gasteiger partial charge is 0.258 e. The third-order valence-corrected chi connectivity index (χ3v) is 2.12. The topological polar surface area (TPSA) is 81.2 Å². The summed E-state index contributed by atoms with van der Waals surface area (Å²) in [7, 11) is 0. The number of amides is 1. The van der Waals surface area contributed by atoms with Gasteiger partial charge in [0.2, 0.25) is 5.88 Å². The highest BCUT2D eigenvalue weighted by Gasteiger charge is 2.10. The highest BCUT2D eigenvalue weighted by atomic mass is 19.1. The zero-order valence-electron chi connectivity index (χ0n) is 9.03. The lowest BCUT2D eigenvalue weighted by atomic mass is 10.2. The van der Waals surface area contributed by atoms with Crippen molar-refractivity contribution in [1.29, 1.82) is 0 Å². The zero-order chi connectivity index (χ0) is 12.4. The minimum absolute atomic E-state index is 0.0774. The van der Waals surface area contributed by atoms with Crippen molar-refractivity contribution >= 4 is 17.5 Å². The molecule has 0 bridgehead atoms. The first-order valence-corrected chi connectivity index (χ1v) is 4.86. The monoisotopic (exact) mass is 235 g/mol. The van der Waals surface area contributed by atoms with E-state index in [0.717, 1.165) is 6.07 Å². The summed E-state index contributed by atoms with van der Waals surface area (Å²) in [5, 5.41) is 6.10. The van der Waals surface area contributed by atoms with Crippen LogP contribution in [0.1, 0.15) is 16.1 Å². The molecule has 17 heavy (non-hydrogen) atoms. The molecule has 2 rings (SSSR count). The van der Waals surface area contributed by atoms with Crippen molar-refractivity contribution in [1.82, 2.24) is 5.16 Å². The van der Waals surface area contributed by atoms with E-state index in [0.29, 0.717) is 5.69 Å². The van der Waals surface area contributed by atoms with Gasteiger partial charge in [0, 0.05) is 11.6 Å². The lowest BCUT2D eigenvalue weighted by Gasteiger charge is -2.02. The molecule has 0 saturated heterocycles. The van der Waals surface area contributed by atoms with Crippen molar-refractivity contribution < 1.29 is 13.7 Å². The van der Waals surface area contributed by atoms with E-state index < -0.39 is 11.7 Å². The van der Waals surface area contributed by atoms with Crippen LogP contribution in [0.2, 0.25) is 0 Å². The minimum Gasteiger partial charge on any atom is -0.396 e. The average molecular weight is 235 g/mol. The number of benzene rings is 1. The molecule has 6 heteroatoms. The van der Waals surface area contributed by atoms with Crippen molar-refractivity contribution in [2.24, 2.45) is 0 Å². The molecule has 3 N–H and O–H groups in total. The van der Waals surface area contributed by atoms with Crippen LogP contribution in [-0.2, 0) is 0 Å². The summed E-state index contributed by atoms with van der Waals surface area (Å²) in [6, 6.07) is 5.30. The molecule has 5 nitrogen and oxygen atoms in total. The number of nitrogens with two attached hydrogens (primary N) is 1. The third-order valence-electron chi connectivity index (χ3n) is 2.12. The maximum absolute atomic E-state index is 12.9. The predicted molar refractivity (Wildman–Crippen MR) is 60.0 cm³/mol. The molecule has 1 heterocycles. The number of aromatic nitrogens is 1. The number of nitrogens with zero attached hydrogens (tertiary/aromatic N) is 1. The summed E-state index contributed by atoms with van der Waals surface area (Å²) in [5.74, 6) is -0.764. The van der Waals surface area contributed by atoms with Crippen molar-refractivity contribution in [3.05, 3.63) is 41.3 Å². The molecular weight excluding hydrogens is 225 g/mol. The minimum atomic E-state index is -0.558. The Morgan fingerprint density at radius 3 is 2.82 bits per heavy atom. The van der Waals surface area contributed by atoms with E-state index in [1.165, 1.54) is 12.1 Å². The lowest BCUT2D eigenvalue weighted by molar-refractivity contribution is 0.102. The number of nitrogen functional groups attached to an aromatic ring is 1. The maximum atomic E-state index is 12.9. The Bertz CT molecular complexity index is 566. The fourth-order valence-corrected chi connectivity index (χ4v) is 1.29. The number of rotatable bonds is 2. The van der Waals surface area contributed by atoms with Crippen molar-refractivity contribution in [3.63, 3.8) is 0 Å². The first-order chi connectivity index (χ1) is 8.06. The van der Waals surface area contributed by atoms with Gasteiger partial charge in [-0.15, -0.1) is 0 Å². The molecule has 2 aromatic rings. The number of carbonyl (C=O) groups excluding carboxylic acids is 1. The van der Waals surface area contributed by atoms with Crippen molar-refractivity contribution in [2.45, 2.75) is 6.92 Å². The van der Waals surface area contributed by atoms with Gasteiger partial charge in [0.25, 0.3) is 5.91 Å². The van der Waals surface area contributed by atoms with Gasteiger partial charge in [-0.3, -0.25) is 10.1 Å². The molecule has 0 spiro atoms. The first kappa shape index (κ1) is 11.1. The molecule has 1 aromatic heterocycles. The molecule has 0 unspecified atom stereocenters. The van der Waals surface area contributed by atoms with Crippen LogP contribution in [0.3, 0.4) is 0 Å². The van der Waals surface area contributed by atoms with Gasteiger partial charge in [0.15, 0.2) is 0 Å². The summed E-state index contributed by atoms with van der Waals surface area (Å²) >= 11 is 0. The Hall–Kier alpha value is -2.37. The molecular formula is C11H10FN3O2. The number of hydrogen-bond donors (Lipinski definition) is 2. The number of aryl methyl sites for hydroxylation is 1. The van der Waals surface area contributed by atoms with Crippen LogP contribution in [0.4, 0.5) is 16.0 Å². The normalized spacial score (nSPS) is 10.2. The van der Waals surface area contributed by atoms with Crippen LogP contribution in [0, 0.1) is 12.7 Å². The van der Waals surface area contributed by atoms with E-state index in [2.05, 4.69) is 10.5 Å². The first-order valence-electron chi connectivity index (χ1n) is 4.86. The van der Waals surface area contributed by atoms with E-state index in [1.807, 2.05) is 0 Å². The maximum Gasteiger partial charge on any atom is 0.258 e. The Balaban J connectivity index is 2.17. The molecule has 0 atom stereocenters. The van der Waals surface area contributed by atoms with Crippen LogP contribution in [0.15, 0.2) is 28.8 Å². The SMILES string of the molecule is Cc1cc(NC(=O)c2ccc(F)c(N)c2)on1. The highest BCUT2D eigenvalue weighted by Crippen LogP contribution is 2.15. The number of nitrogens with one attached hydrogen (secondary N) is 1. The van der Waals surface area contributed by atoms with E-state index in [9.17, 15) is 9.18 Å². The number of anilines is 2. The van der Waals surface area contributed by atoms with Crippen LogP contribution < -0.4 is 11.1 Å². The van der Waals surface area contributed by atoms with E-state index in [4.69, 9.17) is 10.3 Å². The highest BCUT2D eigenvalue weighted by molar-refractivity contribution is 6.04. The molecule has 0 fully saturated rings. The van der Waals surface area contributed by atoms with Crippen LogP contribution in [-0.4, -0.2) is 11.1 Å². The summed E-state index contributed by atoms with van der Waals surface area (Å²) in [5.41, 5.74) is 6.19. The average Bonchev–Trinajstić information content (AvgIpc) is 2.68. The zero-order valence-corrected chi connectivity index (χ0v) is 9.03. The Morgan fingerprint density at radius 1 is 1.47 bits per heavy atom. The van der Waals surface area contributed by atoms with E-state index in [-0.39, 0.29) is 17.1 Å². The second-order valence-electron chi connectivity index (χ2n) is 3.52. The van der Waals surface area contributed by atoms with Gasteiger partial charge in [-0.1, -0.05) is 5.16 Å². The second kappa shape index (κ2) is 4.25. The number of halogens is 1. The van der Waals surface area contributed by atoms with Gasteiger partial charge < -0.3 is 10.3 Å². The summed E-state index contributed by atoms with van der Waals surface area (Å²) in [6.45, 7) is 1.73. The predicted octanol–water partition coefficient (Wildman–Crippen LogP) is 1.96. The Labute approximate surface area is 96.4 Å². The summed E-state index contributed by atoms with van der Waals surface area (Å²) in [4.78, 5) is 11.7. The van der Waals surface area contributed by atoms with Gasteiger partial charge in [0.1, 0.15) is 5.82 Å². The molecule has 0 aliphatic carbocycles. The molecule has 88 valence electrons. The largest absolute Gasteiger partial charge is 0.396 e. The number of carbonyl (C=O) groups is 1. The van der Waals surface area contributed by atoms with Gasteiger partial charge in [0.05, 0.1) is 11.4 Å². The van der Waals surface area contributed by atoms with Gasteiger partial charge in [-0.2, -0.15) is 0 Å². The van der Waals surface area contributed by atoms with Gasteiger partial charge in [-0.05, 0) is 25.1 Å². The Morgan fingerprint density at radius 2 is 2.24 bits per heavy atom. The molecule has 1 amide bonds. The molecule has 0 aliphatic heterocycles. The second-order valence-corrected chi connectivity index (χ2v) is 3.52. The third kappa shape index (κ3) is 2.41. The summed E-state index contributed by atoms with van der Waals surface area (Å²) in [6.07, 6.45) is 0. The van der Waals surface area contributed by atoms with E-state index in [1.54, 1.807) is 13.0 Å². The molecule has 0 saturated carbocycles.